The van der Waals surface area contributed by atoms with Crippen LogP contribution in [0.3, 0.4) is 0 Å². The molecule has 2 heterocycles. The first-order valence-electron chi connectivity index (χ1n) is 12.0. The minimum absolute atomic E-state index is 0.122. The third-order valence-electron chi connectivity index (χ3n) is 5.66. The lowest BCUT2D eigenvalue weighted by Crippen LogP contribution is -2.32. The first-order valence-corrected chi connectivity index (χ1v) is 13.7. The number of rotatable bonds is 13. The number of nitrogens with zero attached hydrogens (tertiary/aromatic N) is 5. The van der Waals surface area contributed by atoms with Gasteiger partial charge in [0.05, 0.1) is 25.6 Å². The summed E-state index contributed by atoms with van der Waals surface area (Å²) in [7, 11) is -0.791. The lowest BCUT2D eigenvalue weighted by atomic mass is 10.2. The summed E-state index contributed by atoms with van der Waals surface area (Å²) in [5.74, 6) is 1.44. The lowest BCUT2D eigenvalue weighted by Gasteiger charge is -2.25. The Bertz CT molecular complexity index is 1250. The highest BCUT2D eigenvalue weighted by Crippen LogP contribution is 2.35. The van der Waals surface area contributed by atoms with Gasteiger partial charge in [0.2, 0.25) is 0 Å². The highest BCUT2D eigenvalue weighted by Gasteiger charge is 2.36. The predicted molar refractivity (Wildman–Crippen MR) is 138 cm³/mol. The van der Waals surface area contributed by atoms with Crippen molar-refractivity contribution in [3.05, 3.63) is 53.6 Å². The van der Waals surface area contributed by atoms with Crippen molar-refractivity contribution in [3.8, 4) is 17.2 Å². The van der Waals surface area contributed by atoms with E-state index in [1.807, 2.05) is 27.7 Å². The molecule has 0 amide bonds. The number of hydrogen-bond acceptors (Lipinski definition) is 10. The second-order valence-electron chi connectivity index (χ2n) is 8.75. The Kier molecular flexibility index (Phi) is 9.57. The van der Waals surface area contributed by atoms with Gasteiger partial charge in [-0.25, -0.2) is 18.4 Å². The zero-order valence-electron chi connectivity index (χ0n) is 22.3. The summed E-state index contributed by atoms with van der Waals surface area (Å²) in [5, 5.41) is 7.51. The molecule has 3 aromatic rings. The van der Waals surface area contributed by atoms with Gasteiger partial charge in [-0.3, -0.25) is 4.57 Å². The number of ether oxygens (including phenoxy) is 4. The van der Waals surface area contributed by atoms with E-state index in [4.69, 9.17) is 18.9 Å². The van der Waals surface area contributed by atoms with Crippen LogP contribution in [0.25, 0.3) is 5.69 Å². The van der Waals surface area contributed by atoms with Crippen molar-refractivity contribution in [2.75, 3.05) is 20.8 Å². The van der Waals surface area contributed by atoms with Crippen molar-refractivity contribution < 1.29 is 27.4 Å². The van der Waals surface area contributed by atoms with Crippen LogP contribution in [0, 0.1) is 6.92 Å². The molecule has 2 aromatic heterocycles. The van der Waals surface area contributed by atoms with Crippen LogP contribution in [-0.4, -0.2) is 65.3 Å². The van der Waals surface area contributed by atoms with E-state index in [-0.39, 0.29) is 18.5 Å². The highest BCUT2D eigenvalue weighted by molar-refractivity contribution is 7.91. The molecule has 0 N–H and O–H groups in total. The van der Waals surface area contributed by atoms with Gasteiger partial charge in [-0.2, -0.15) is 0 Å². The summed E-state index contributed by atoms with van der Waals surface area (Å²) in [4.78, 5) is 8.68. The number of sulfone groups is 1. The molecule has 0 unspecified atom stereocenters. The fourth-order valence-electron chi connectivity index (χ4n) is 3.77. The van der Waals surface area contributed by atoms with E-state index >= 15 is 0 Å². The maximum absolute atomic E-state index is 13.8. The molecule has 0 saturated heterocycles. The minimum Gasteiger partial charge on any atom is -0.494 e. The van der Waals surface area contributed by atoms with Crippen LogP contribution in [-0.2, 0) is 31.7 Å². The van der Waals surface area contributed by atoms with Crippen LogP contribution in [0.2, 0.25) is 0 Å². The van der Waals surface area contributed by atoms with Gasteiger partial charge in [0.25, 0.3) is 0 Å². The molecular weight excluding hydrogens is 498 g/mol. The Hall–Kier alpha value is -3.09. The number of benzene rings is 1. The lowest BCUT2D eigenvalue weighted by molar-refractivity contribution is 0.00141. The molecule has 3 rings (SSSR count). The molecular formula is C25H35N5O6S. The fraction of sp³-hybridized carbons (Fsp3) is 0.520. The summed E-state index contributed by atoms with van der Waals surface area (Å²) < 4.78 is 51.9. The Morgan fingerprint density at radius 3 is 2.11 bits per heavy atom. The molecule has 0 aliphatic carbocycles. The monoisotopic (exact) mass is 533 g/mol. The van der Waals surface area contributed by atoms with Gasteiger partial charge in [0, 0.05) is 19.0 Å². The highest BCUT2D eigenvalue weighted by atomic mass is 32.2. The third-order valence-corrected chi connectivity index (χ3v) is 7.70. The fourth-order valence-corrected chi connectivity index (χ4v) is 5.14. The molecule has 2 atom stereocenters. The quantitative estimate of drug-likeness (QED) is 0.322. The molecule has 0 saturated carbocycles. The van der Waals surface area contributed by atoms with Crippen molar-refractivity contribution in [1.82, 2.24) is 24.7 Å². The van der Waals surface area contributed by atoms with E-state index in [2.05, 4.69) is 20.2 Å². The molecule has 0 spiro atoms. The number of hydrogen-bond donors (Lipinski definition) is 0. The summed E-state index contributed by atoms with van der Waals surface area (Å²) in [5.41, 5.74) is 1.35. The van der Waals surface area contributed by atoms with Gasteiger partial charge in [-0.15, -0.1) is 10.2 Å². The molecule has 0 bridgehead atoms. The molecule has 0 aliphatic heterocycles. The largest absolute Gasteiger partial charge is 0.494 e. The van der Waals surface area contributed by atoms with Gasteiger partial charge in [0.1, 0.15) is 35.7 Å². The second kappa shape index (κ2) is 12.4. The van der Waals surface area contributed by atoms with Crippen LogP contribution in [0.1, 0.15) is 56.8 Å². The van der Waals surface area contributed by atoms with E-state index in [0.29, 0.717) is 35.4 Å². The Morgan fingerprint density at radius 2 is 1.57 bits per heavy atom. The standard InChI is InChI=1S/C25H35N5O6S/c1-8-35-14-21-28-29-22(30(21)23-19(33-6)10-9-11-20(23)34-7)15-37(31,32)18(5)24(36-16(2)3)25-26-12-17(4)13-27-25/h9-13,16,18,24H,8,14-15H2,1-7H3/t18-,24+/m0/s1. The summed E-state index contributed by atoms with van der Waals surface area (Å²) >= 11 is 0. The molecule has 0 aliphatic rings. The average molecular weight is 534 g/mol. The number of aromatic nitrogens is 5. The predicted octanol–water partition coefficient (Wildman–Crippen LogP) is 3.39. The zero-order chi connectivity index (χ0) is 27.2. The first kappa shape index (κ1) is 28.5. The van der Waals surface area contributed by atoms with Gasteiger partial charge in [-0.1, -0.05) is 6.07 Å². The van der Waals surface area contributed by atoms with Gasteiger partial charge >= 0.3 is 0 Å². The van der Waals surface area contributed by atoms with Crippen LogP contribution in [0.5, 0.6) is 11.5 Å². The summed E-state index contributed by atoms with van der Waals surface area (Å²) in [6, 6.07) is 5.29. The smallest absolute Gasteiger partial charge is 0.163 e. The van der Waals surface area contributed by atoms with E-state index in [1.54, 1.807) is 42.1 Å². The van der Waals surface area contributed by atoms with E-state index in [9.17, 15) is 8.42 Å². The van der Waals surface area contributed by atoms with E-state index in [0.717, 1.165) is 5.56 Å². The summed E-state index contributed by atoms with van der Waals surface area (Å²) in [6.07, 6.45) is 2.17. The van der Waals surface area contributed by atoms with Crippen LogP contribution in [0.15, 0.2) is 30.6 Å². The van der Waals surface area contributed by atoms with E-state index in [1.165, 1.54) is 14.2 Å². The SMILES string of the molecule is CCOCc1nnc(CS(=O)(=O)[C@@H](C)[C@@H](OC(C)C)c2ncc(C)cn2)n1-c1c(OC)cccc1OC. The van der Waals surface area contributed by atoms with Crippen molar-refractivity contribution in [2.45, 2.75) is 64.4 Å². The zero-order valence-corrected chi connectivity index (χ0v) is 23.2. The normalized spacial score (nSPS) is 13.5. The average Bonchev–Trinajstić information content (AvgIpc) is 3.26. The van der Waals surface area contributed by atoms with Crippen molar-refractivity contribution in [3.63, 3.8) is 0 Å². The Balaban J connectivity index is 2.07. The Labute approximate surface area is 218 Å². The molecule has 12 heteroatoms. The molecule has 37 heavy (non-hydrogen) atoms. The van der Waals surface area contributed by atoms with Gasteiger partial charge in [-0.05, 0) is 52.3 Å². The van der Waals surface area contributed by atoms with Gasteiger partial charge < -0.3 is 18.9 Å². The van der Waals surface area contributed by atoms with Crippen LogP contribution < -0.4 is 9.47 Å². The minimum atomic E-state index is -3.84. The third kappa shape index (κ3) is 6.62. The number of methoxy groups -OCH3 is 2. The number of aryl methyl sites for hydroxylation is 1. The molecule has 11 nitrogen and oxygen atoms in total. The topological polar surface area (TPSA) is 128 Å². The van der Waals surface area contributed by atoms with Crippen molar-refractivity contribution in [1.29, 1.82) is 0 Å². The molecule has 0 fully saturated rings. The summed E-state index contributed by atoms with van der Waals surface area (Å²) in [6.45, 7) is 9.57. The molecule has 1 aromatic carbocycles. The Morgan fingerprint density at radius 1 is 0.973 bits per heavy atom. The molecule has 0 radical (unpaired) electrons. The van der Waals surface area contributed by atoms with Crippen molar-refractivity contribution >= 4 is 9.84 Å². The maximum atomic E-state index is 13.8. The van der Waals surface area contributed by atoms with E-state index < -0.39 is 26.9 Å². The number of para-hydroxylation sites is 1. The van der Waals surface area contributed by atoms with Gasteiger partial charge in [0.15, 0.2) is 27.3 Å². The van der Waals surface area contributed by atoms with Crippen LogP contribution >= 0.6 is 0 Å². The molecule has 202 valence electrons. The maximum Gasteiger partial charge on any atom is 0.163 e. The van der Waals surface area contributed by atoms with Crippen molar-refractivity contribution in [2.24, 2.45) is 0 Å². The van der Waals surface area contributed by atoms with Crippen LogP contribution in [0.4, 0.5) is 0 Å². The first-order chi connectivity index (χ1) is 17.6. The second-order valence-corrected chi connectivity index (χ2v) is 11.1.